The zero-order valence-electron chi connectivity index (χ0n) is 18.3. The van der Waals surface area contributed by atoms with E-state index in [0.29, 0.717) is 41.8 Å². The number of carbonyl (C=O) groups is 2. The Labute approximate surface area is 187 Å². The number of ether oxygens (including phenoxy) is 1. The van der Waals surface area contributed by atoms with Gasteiger partial charge in [0.25, 0.3) is 5.91 Å². The number of aliphatic hydroxyl groups excluding tert-OH is 1. The molecule has 2 bridgehead atoms. The second-order valence-corrected chi connectivity index (χ2v) is 8.52. The number of benzene rings is 1. The summed E-state index contributed by atoms with van der Waals surface area (Å²) in [5, 5.41) is 12.5. The van der Waals surface area contributed by atoms with E-state index in [0.717, 1.165) is 37.1 Å². The number of piperidine rings is 1. The highest BCUT2D eigenvalue weighted by Crippen LogP contribution is 2.38. The van der Waals surface area contributed by atoms with Crippen LogP contribution in [0.2, 0.25) is 0 Å². The maximum absolute atomic E-state index is 13.2. The monoisotopic (exact) mass is 438 g/mol. The maximum Gasteiger partial charge on any atom is 0.251 e. The third kappa shape index (κ3) is 4.41. The van der Waals surface area contributed by atoms with E-state index in [1.165, 1.54) is 6.20 Å². The summed E-state index contributed by atoms with van der Waals surface area (Å²) in [6, 6.07) is 9.73. The van der Waals surface area contributed by atoms with Crippen LogP contribution in [-0.4, -0.2) is 53.7 Å². The molecule has 1 aromatic carbocycles. The Morgan fingerprint density at radius 1 is 1.22 bits per heavy atom. The molecule has 0 aliphatic carbocycles. The van der Waals surface area contributed by atoms with E-state index >= 15 is 0 Å². The third-order valence-electron chi connectivity index (χ3n) is 6.55. The van der Waals surface area contributed by atoms with Crippen LogP contribution in [0.5, 0.6) is 5.75 Å². The molecule has 32 heavy (non-hydrogen) atoms. The van der Waals surface area contributed by atoms with Gasteiger partial charge in [0.05, 0.1) is 12.7 Å². The number of hydrogen-bond acceptors (Lipinski definition) is 6. The zero-order chi connectivity index (χ0) is 22.7. The minimum atomic E-state index is -0.482. The first-order chi connectivity index (χ1) is 15.5. The van der Waals surface area contributed by atoms with E-state index in [1.807, 2.05) is 24.3 Å². The molecular formula is C24H30N4O4. The van der Waals surface area contributed by atoms with Gasteiger partial charge in [-0.05, 0) is 62.8 Å². The van der Waals surface area contributed by atoms with Crippen LogP contribution in [0.1, 0.15) is 58.4 Å². The summed E-state index contributed by atoms with van der Waals surface area (Å²) >= 11 is 0. The van der Waals surface area contributed by atoms with Gasteiger partial charge in [0.2, 0.25) is 5.91 Å². The van der Waals surface area contributed by atoms with Crippen molar-refractivity contribution in [1.82, 2.24) is 10.3 Å². The van der Waals surface area contributed by atoms with Crippen LogP contribution in [-0.2, 0) is 6.42 Å². The lowest BCUT2D eigenvalue weighted by molar-refractivity contribution is 0.0924. The molecule has 0 saturated carbocycles. The molecule has 2 aliphatic rings. The standard InChI is InChI=1S/C24H30N4O4/c1-32-21-6-2-4-20(19(21)5-3-11-29)24(31)27-16-12-17-8-9-18(13-16)28(17)22-10-7-15(14-26-22)23(25)30/h2,4,6-7,10,14,16-18,29H,3,5,8-9,11-13H2,1H3,(H2,25,30)(H,27,31)/t16?,17-,18+. The van der Waals surface area contributed by atoms with Crippen LogP contribution in [0.3, 0.4) is 0 Å². The van der Waals surface area contributed by atoms with Crippen molar-refractivity contribution in [2.45, 2.75) is 56.7 Å². The highest BCUT2D eigenvalue weighted by atomic mass is 16.5. The molecular weight excluding hydrogens is 408 g/mol. The third-order valence-corrected chi connectivity index (χ3v) is 6.55. The summed E-state index contributed by atoms with van der Waals surface area (Å²) in [5.74, 6) is 0.945. The largest absolute Gasteiger partial charge is 0.496 e. The van der Waals surface area contributed by atoms with Gasteiger partial charge < -0.3 is 25.8 Å². The van der Waals surface area contributed by atoms with Crippen molar-refractivity contribution in [2.75, 3.05) is 18.6 Å². The number of aromatic nitrogens is 1. The van der Waals surface area contributed by atoms with Gasteiger partial charge in [-0.2, -0.15) is 0 Å². The fourth-order valence-corrected chi connectivity index (χ4v) is 5.10. The molecule has 170 valence electrons. The molecule has 2 fully saturated rings. The fraction of sp³-hybridized carbons (Fsp3) is 0.458. The van der Waals surface area contributed by atoms with Gasteiger partial charge in [-0.1, -0.05) is 6.07 Å². The highest BCUT2D eigenvalue weighted by molar-refractivity contribution is 5.96. The second-order valence-electron chi connectivity index (χ2n) is 8.52. The number of anilines is 1. The predicted octanol–water partition coefficient (Wildman–Crippen LogP) is 2.04. The summed E-state index contributed by atoms with van der Waals surface area (Å²) < 4.78 is 5.45. The Balaban J connectivity index is 1.46. The molecule has 2 saturated heterocycles. The first kappa shape index (κ1) is 22.1. The number of amides is 2. The second kappa shape index (κ2) is 9.56. The van der Waals surface area contributed by atoms with Crippen LogP contribution in [0, 0.1) is 0 Å². The first-order valence-electron chi connectivity index (χ1n) is 11.1. The minimum Gasteiger partial charge on any atom is -0.496 e. The van der Waals surface area contributed by atoms with Gasteiger partial charge in [-0.15, -0.1) is 0 Å². The lowest BCUT2D eigenvalue weighted by Crippen LogP contribution is -2.51. The number of nitrogens with one attached hydrogen (secondary N) is 1. The number of rotatable bonds is 8. The minimum absolute atomic E-state index is 0.0649. The van der Waals surface area contributed by atoms with Gasteiger partial charge in [0.15, 0.2) is 0 Å². The van der Waals surface area contributed by atoms with E-state index in [-0.39, 0.29) is 18.6 Å². The number of nitrogens with two attached hydrogens (primary N) is 1. The normalized spacial score (nSPS) is 21.9. The van der Waals surface area contributed by atoms with Crippen molar-refractivity contribution < 1.29 is 19.4 Å². The number of hydrogen-bond donors (Lipinski definition) is 3. The molecule has 3 heterocycles. The van der Waals surface area contributed by atoms with Crippen molar-refractivity contribution in [3.8, 4) is 5.75 Å². The lowest BCUT2D eigenvalue weighted by Gasteiger charge is -2.40. The molecule has 0 radical (unpaired) electrons. The van der Waals surface area contributed by atoms with Crippen LogP contribution < -0.4 is 20.7 Å². The van der Waals surface area contributed by atoms with E-state index in [1.54, 1.807) is 13.2 Å². The van der Waals surface area contributed by atoms with Crippen LogP contribution in [0.15, 0.2) is 36.5 Å². The molecule has 0 spiro atoms. The predicted molar refractivity (Wildman–Crippen MR) is 121 cm³/mol. The molecule has 3 atom stereocenters. The number of pyridine rings is 1. The average molecular weight is 439 g/mol. The summed E-state index contributed by atoms with van der Waals surface area (Å²) in [5.41, 5.74) is 7.17. The molecule has 1 unspecified atom stereocenters. The maximum atomic E-state index is 13.2. The molecule has 1 aromatic heterocycles. The van der Waals surface area contributed by atoms with Crippen molar-refractivity contribution in [1.29, 1.82) is 0 Å². The van der Waals surface area contributed by atoms with Gasteiger partial charge in [0, 0.05) is 42.1 Å². The van der Waals surface area contributed by atoms with Crippen LogP contribution in [0.4, 0.5) is 5.82 Å². The molecule has 4 rings (SSSR count). The number of carbonyl (C=O) groups excluding carboxylic acids is 2. The molecule has 2 aromatic rings. The Kier molecular flexibility index (Phi) is 6.60. The van der Waals surface area contributed by atoms with Gasteiger partial charge in [0.1, 0.15) is 11.6 Å². The Morgan fingerprint density at radius 2 is 1.97 bits per heavy atom. The quantitative estimate of drug-likeness (QED) is 0.581. The number of fused-ring (bicyclic) bond motifs is 2. The lowest BCUT2D eigenvalue weighted by atomic mass is 9.95. The van der Waals surface area contributed by atoms with E-state index in [4.69, 9.17) is 10.5 Å². The van der Waals surface area contributed by atoms with E-state index < -0.39 is 5.91 Å². The molecule has 4 N–H and O–H groups in total. The SMILES string of the molecule is COc1cccc(C(=O)NC2C[C@H]3CC[C@@H](C2)N3c2ccc(C(N)=O)cn2)c1CCCO. The number of nitrogens with zero attached hydrogens (tertiary/aromatic N) is 2. The summed E-state index contributed by atoms with van der Waals surface area (Å²) in [6.07, 6.45) is 6.48. The van der Waals surface area contributed by atoms with E-state index in [2.05, 4.69) is 15.2 Å². The van der Waals surface area contributed by atoms with Crippen molar-refractivity contribution in [3.05, 3.63) is 53.2 Å². The Morgan fingerprint density at radius 3 is 2.56 bits per heavy atom. The summed E-state index contributed by atoms with van der Waals surface area (Å²) in [4.78, 5) is 31.3. The fourth-order valence-electron chi connectivity index (χ4n) is 5.10. The van der Waals surface area contributed by atoms with Crippen LogP contribution >= 0.6 is 0 Å². The molecule has 2 amide bonds. The summed E-state index contributed by atoms with van der Waals surface area (Å²) in [6.45, 7) is 0.0649. The van der Waals surface area contributed by atoms with Gasteiger partial charge in [-0.3, -0.25) is 9.59 Å². The summed E-state index contributed by atoms with van der Waals surface area (Å²) in [7, 11) is 1.59. The molecule has 2 aliphatic heterocycles. The van der Waals surface area contributed by atoms with Gasteiger partial charge >= 0.3 is 0 Å². The first-order valence-corrected chi connectivity index (χ1v) is 11.1. The van der Waals surface area contributed by atoms with E-state index in [9.17, 15) is 14.7 Å². The van der Waals surface area contributed by atoms with Crippen molar-refractivity contribution in [2.24, 2.45) is 5.73 Å². The Hall–Kier alpha value is -3.13. The average Bonchev–Trinajstić information content (AvgIpc) is 3.07. The molecule has 8 heteroatoms. The zero-order valence-corrected chi connectivity index (χ0v) is 18.3. The Bertz CT molecular complexity index is 964. The molecule has 8 nitrogen and oxygen atoms in total. The van der Waals surface area contributed by atoms with Gasteiger partial charge in [-0.25, -0.2) is 4.98 Å². The van der Waals surface area contributed by atoms with Crippen molar-refractivity contribution in [3.63, 3.8) is 0 Å². The topological polar surface area (TPSA) is 118 Å². The van der Waals surface area contributed by atoms with Crippen LogP contribution in [0.25, 0.3) is 0 Å². The highest BCUT2D eigenvalue weighted by Gasteiger charge is 2.42. The number of primary amides is 1. The smallest absolute Gasteiger partial charge is 0.251 e. The number of aliphatic hydroxyl groups is 1. The van der Waals surface area contributed by atoms with Crippen molar-refractivity contribution >= 4 is 17.6 Å². The number of methoxy groups -OCH3 is 1.